The van der Waals surface area contributed by atoms with Gasteiger partial charge in [-0.15, -0.1) is 0 Å². The fourth-order valence-electron chi connectivity index (χ4n) is 5.04. The predicted octanol–water partition coefficient (Wildman–Crippen LogP) is -0.509. The normalized spacial score (nSPS) is 40.8. The number of fused-ring (bicyclic) bond motifs is 1. The van der Waals surface area contributed by atoms with Crippen molar-refractivity contribution >= 4 is 5.78 Å². The molecule has 0 aromatic heterocycles. The Labute approximate surface area is 168 Å². The van der Waals surface area contributed by atoms with Gasteiger partial charge >= 0.3 is 0 Å². The minimum absolute atomic E-state index is 0.0578. The van der Waals surface area contributed by atoms with Crippen molar-refractivity contribution in [3.05, 3.63) is 33.9 Å². The van der Waals surface area contributed by atoms with Gasteiger partial charge in [0.15, 0.2) is 5.78 Å². The summed E-state index contributed by atoms with van der Waals surface area (Å²) in [6, 6.07) is 0. The molecular formula is C21H28O8. The van der Waals surface area contributed by atoms with Crippen molar-refractivity contribution in [3.8, 4) is 0 Å². The highest BCUT2D eigenvalue weighted by molar-refractivity contribution is 6.10. The maximum Gasteiger partial charge on any atom is 0.219 e. The average Bonchev–Trinajstić information content (AvgIpc) is 3.39. The fraction of sp³-hybridized carbons (Fsp3) is 0.667. The summed E-state index contributed by atoms with van der Waals surface area (Å²) in [5, 5.41) is 50.4. The molecule has 5 N–H and O–H groups in total. The van der Waals surface area contributed by atoms with E-state index in [1.165, 1.54) is 0 Å². The molecule has 1 aliphatic heterocycles. The second-order valence-electron chi connectivity index (χ2n) is 8.81. The summed E-state index contributed by atoms with van der Waals surface area (Å²) in [6.45, 7) is 4.47. The molecule has 29 heavy (non-hydrogen) atoms. The molecule has 1 saturated carbocycles. The Balaban J connectivity index is 1.53. The number of hydrogen-bond donors (Lipinski definition) is 5. The molecule has 1 heterocycles. The summed E-state index contributed by atoms with van der Waals surface area (Å²) >= 11 is 0. The lowest BCUT2D eigenvalue weighted by Gasteiger charge is -2.39. The number of ketones is 1. The first-order valence-electron chi connectivity index (χ1n) is 9.86. The van der Waals surface area contributed by atoms with E-state index in [9.17, 15) is 30.3 Å². The van der Waals surface area contributed by atoms with Crippen molar-refractivity contribution in [3.63, 3.8) is 0 Å². The highest BCUT2D eigenvalue weighted by atomic mass is 16.7. The fourth-order valence-corrected chi connectivity index (χ4v) is 5.04. The third-order valence-corrected chi connectivity index (χ3v) is 7.13. The Hall–Kier alpha value is -1.39. The predicted molar refractivity (Wildman–Crippen MR) is 101 cm³/mol. The van der Waals surface area contributed by atoms with Gasteiger partial charge in [-0.2, -0.15) is 0 Å². The summed E-state index contributed by atoms with van der Waals surface area (Å²) in [5.41, 5.74) is 1.92. The van der Waals surface area contributed by atoms with Gasteiger partial charge in [0.1, 0.15) is 30.5 Å². The lowest BCUT2D eigenvalue weighted by molar-refractivity contribution is -0.254. The van der Waals surface area contributed by atoms with Crippen molar-refractivity contribution in [2.45, 2.75) is 63.3 Å². The van der Waals surface area contributed by atoms with Crippen LogP contribution in [-0.2, 0) is 14.3 Å². The van der Waals surface area contributed by atoms with Gasteiger partial charge < -0.3 is 35.0 Å². The lowest BCUT2D eigenvalue weighted by atomic mass is 9.67. The van der Waals surface area contributed by atoms with Gasteiger partial charge in [0, 0.05) is 11.0 Å². The zero-order valence-corrected chi connectivity index (χ0v) is 16.8. The smallest absolute Gasteiger partial charge is 0.219 e. The Morgan fingerprint density at radius 3 is 2.45 bits per heavy atom. The van der Waals surface area contributed by atoms with Crippen LogP contribution in [0.4, 0.5) is 0 Å². The third-order valence-electron chi connectivity index (χ3n) is 7.13. The van der Waals surface area contributed by atoms with Crippen LogP contribution in [0, 0.1) is 5.41 Å². The number of aliphatic hydroxyl groups is 5. The zero-order valence-electron chi connectivity index (χ0n) is 16.8. The van der Waals surface area contributed by atoms with Crippen LogP contribution < -0.4 is 0 Å². The van der Waals surface area contributed by atoms with Crippen LogP contribution >= 0.6 is 0 Å². The van der Waals surface area contributed by atoms with E-state index in [-0.39, 0.29) is 12.4 Å². The topological polar surface area (TPSA) is 137 Å². The van der Waals surface area contributed by atoms with E-state index in [4.69, 9.17) is 9.47 Å². The van der Waals surface area contributed by atoms with E-state index < -0.39 is 48.3 Å². The molecule has 0 aromatic rings. The molecule has 2 fully saturated rings. The van der Waals surface area contributed by atoms with Crippen LogP contribution in [0.25, 0.3) is 0 Å². The molecule has 8 nitrogen and oxygen atoms in total. The van der Waals surface area contributed by atoms with Gasteiger partial charge in [-0.05, 0) is 56.4 Å². The number of aliphatic hydroxyl groups excluding tert-OH is 3. The molecule has 0 bridgehead atoms. The van der Waals surface area contributed by atoms with Gasteiger partial charge in [0.25, 0.3) is 0 Å². The number of rotatable bonds is 5. The van der Waals surface area contributed by atoms with Crippen LogP contribution in [0.2, 0.25) is 0 Å². The largest absolute Gasteiger partial charge is 0.394 e. The van der Waals surface area contributed by atoms with Gasteiger partial charge in [-0.25, -0.2) is 0 Å². The monoisotopic (exact) mass is 408 g/mol. The molecule has 8 heteroatoms. The molecule has 0 aromatic carbocycles. The van der Waals surface area contributed by atoms with Crippen LogP contribution in [0.1, 0.15) is 33.6 Å². The van der Waals surface area contributed by atoms with Gasteiger partial charge in [-0.3, -0.25) is 4.79 Å². The summed E-state index contributed by atoms with van der Waals surface area (Å²) in [7, 11) is 0. The van der Waals surface area contributed by atoms with Gasteiger partial charge in [0.2, 0.25) is 5.79 Å². The number of allylic oxidation sites excluding steroid dienone is 2. The third kappa shape index (κ3) is 2.75. The molecule has 0 amide bonds. The second kappa shape index (κ2) is 6.55. The Morgan fingerprint density at radius 1 is 1.24 bits per heavy atom. The maximum absolute atomic E-state index is 12.9. The van der Waals surface area contributed by atoms with Gasteiger partial charge in [-0.1, -0.05) is 5.57 Å². The van der Waals surface area contributed by atoms with E-state index in [1.807, 2.05) is 13.8 Å². The molecular weight excluding hydrogens is 380 g/mol. The molecule has 1 saturated heterocycles. The first kappa shape index (κ1) is 20.9. The van der Waals surface area contributed by atoms with Crippen molar-refractivity contribution in [2.75, 3.05) is 19.8 Å². The zero-order chi connectivity index (χ0) is 21.4. The summed E-state index contributed by atoms with van der Waals surface area (Å²) < 4.78 is 10.8. The number of Topliss-reactive ketones (excluding diaryl/α,β-unsaturated/α-hetero) is 1. The van der Waals surface area contributed by atoms with Crippen molar-refractivity contribution < 1.29 is 39.8 Å². The van der Waals surface area contributed by atoms with E-state index >= 15 is 0 Å². The van der Waals surface area contributed by atoms with Crippen molar-refractivity contribution in [1.29, 1.82) is 0 Å². The number of ether oxygens (including phenoxy) is 2. The minimum atomic E-state index is -2.14. The Bertz CT molecular complexity index is 847. The van der Waals surface area contributed by atoms with E-state index in [0.717, 1.165) is 35.1 Å². The van der Waals surface area contributed by atoms with Crippen LogP contribution in [0.3, 0.4) is 0 Å². The summed E-state index contributed by atoms with van der Waals surface area (Å²) in [4.78, 5) is 12.9. The minimum Gasteiger partial charge on any atom is -0.394 e. The molecule has 1 spiro atoms. The average molecular weight is 408 g/mol. The molecule has 4 aliphatic rings. The van der Waals surface area contributed by atoms with E-state index in [1.54, 1.807) is 13.0 Å². The van der Waals surface area contributed by atoms with Crippen LogP contribution in [0.15, 0.2) is 33.9 Å². The number of carbonyl (C=O) groups is 1. The van der Waals surface area contributed by atoms with E-state index in [0.29, 0.717) is 5.57 Å². The SMILES string of the molecule is CC1=C(COC[C@@]2(O)O[C@H](CO)[C@@H](O)[C@@H]2O)C2=C(C)C3(CC3)[C@@](C)(O)C(=O)C2=C1. The lowest BCUT2D eigenvalue weighted by Crippen LogP contribution is -2.49. The van der Waals surface area contributed by atoms with Crippen LogP contribution in [-0.4, -0.2) is 80.8 Å². The quantitative estimate of drug-likeness (QED) is 0.410. The summed E-state index contributed by atoms with van der Waals surface area (Å²) in [6.07, 6.45) is -0.882. The second-order valence-corrected chi connectivity index (χ2v) is 8.81. The molecule has 3 aliphatic carbocycles. The molecule has 5 atom stereocenters. The molecule has 0 radical (unpaired) electrons. The van der Waals surface area contributed by atoms with Gasteiger partial charge in [0.05, 0.1) is 13.2 Å². The Morgan fingerprint density at radius 2 is 1.90 bits per heavy atom. The first-order chi connectivity index (χ1) is 13.5. The highest BCUT2D eigenvalue weighted by Crippen LogP contribution is 2.64. The first-order valence-corrected chi connectivity index (χ1v) is 9.86. The molecule has 4 rings (SSSR count). The van der Waals surface area contributed by atoms with Crippen LogP contribution in [0.5, 0.6) is 0 Å². The maximum atomic E-state index is 12.9. The summed E-state index contributed by atoms with van der Waals surface area (Å²) in [5.74, 6) is -2.42. The van der Waals surface area contributed by atoms with Crippen molar-refractivity contribution in [1.82, 2.24) is 0 Å². The number of hydrogen-bond acceptors (Lipinski definition) is 8. The van der Waals surface area contributed by atoms with E-state index in [2.05, 4.69) is 0 Å². The Kier molecular flexibility index (Phi) is 4.71. The molecule has 0 unspecified atom stereocenters. The van der Waals surface area contributed by atoms with Crippen molar-refractivity contribution in [2.24, 2.45) is 5.41 Å². The standard InChI is InChI=1S/C21H28O8/c1-10-6-12-15(11(2)20(4-5-20)19(3,26)17(12)24)13(10)8-28-9-21(27)18(25)16(23)14(7-22)29-21/h6,14,16,18,22-23,25-27H,4-5,7-9H2,1-3H3/t14-,16-,18+,19+,21-/m1/s1. The molecule has 160 valence electrons. The number of carbonyl (C=O) groups excluding carboxylic acids is 1. The highest BCUT2D eigenvalue weighted by Gasteiger charge is 2.65.